The van der Waals surface area contributed by atoms with Crippen LogP contribution in [0.3, 0.4) is 0 Å². The molecule has 0 aliphatic carbocycles. The van der Waals surface area contributed by atoms with Crippen LogP contribution < -0.4 is 14.9 Å². The average molecular weight is 414 g/mol. The number of hydrazone groups is 1. The lowest BCUT2D eigenvalue weighted by atomic mass is 10.3. The number of rotatable bonds is 7. The number of hydrogen-bond acceptors (Lipinski definition) is 7. The standard InChI is InChI=1S/C14H12BrN3O5S/c1-22-9-2-4-12(11(15)6-9)23-8-13(19)17-16-7-10-3-5-14(24-10)18(20)21/h2-7H,8H2,1H3,(H,17,19)/b16-7+. The van der Waals surface area contributed by atoms with Gasteiger partial charge >= 0.3 is 5.00 Å². The van der Waals surface area contributed by atoms with Gasteiger partial charge in [0.25, 0.3) is 5.91 Å². The molecule has 0 saturated carbocycles. The van der Waals surface area contributed by atoms with Crippen molar-refractivity contribution in [3.8, 4) is 11.5 Å². The van der Waals surface area contributed by atoms with Crippen LogP contribution in [-0.4, -0.2) is 30.8 Å². The minimum Gasteiger partial charge on any atom is -0.497 e. The van der Waals surface area contributed by atoms with Crippen molar-refractivity contribution in [2.24, 2.45) is 5.10 Å². The van der Waals surface area contributed by atoms with Crippen LogP contribution in [0.1, 0.15) is 4.88 Å². The first-order valence-corrected chi connectivity index (χ1v) is 8.13. The SMILES string of the molecule is COc1ccc(OCC(=O)N/N=C/c2ccc([N+](=O)[O-])s2)c(Br)c1. The number of amides is 1. The van der Waals surface area contributed by atoms with Crippen LogP contribution in [0.2, 0.25) is 0 Å². The topological polar surface area (TPSA) is 103 Å². The quantitative estimate of drug-likeness (QED) is 0.426. The second kappa shape index (κ2) is 8.41. The summed E-state index contributed by atoms with van der Waals surface area (Å²) >= 11 is 4.27. The smallest absolute Gasteiger partial charge is 0.324 e. The van der Waals surface area contributed by atoms with Gasteiger partial charge in [0.2, 0.25) is 0 Å². The molecular weight excluding hydrogens is 402 g/mol. The molecule has 1 heterocycles. The molecule has 24 heavy (non-hydrogen) atoms. The van der Waals surface area contributed by atoms with Crippen LogP contribution >= 0.6 is 27.3 Å². The highest BCUT2D eigenvalue weighted by Gasteiger charge is 2.09. The van der Waals surface area contributed by atoms with Crippen LogP contribution in [0.25, 0.3) is 0 Å². The molecule has 126 valence electrons. The zero-order valence-corrected chi connectivity index (χ0v) is 14.8. The van der Waals surface area contributed by atoms with Gasteiger partial charge in [-0.1, -0.05) is 11.3 Å². The number of hydrogen-bond donors (Lipinski definition) is 1. The molecule has 2 aromatic rings. The summed E-state index contributed by atoms with van der Waals surface area (Å²) in [5, 5.41) is 14.3. The Balaban J connectivity index is 1.82. The summed E-state index contributed by atoms with van der Waals surface area (Å²) in [7, 11) is 1.55. The second-order valence-electron chi connectivity index (χ2n) is 4.31. The van der Waals surface area contributed by atoms with E-state index in [1.807, 2.05) is 0 Å². The molecule has 1 aromatic heterocycles. The van der Waals surface area contributed by atoms with Gasteiger partial charge in [0, 0.05) is 6.07 Å². The summed E-state index contributed by atoms with van der Waals surface area (Å²) in [6, 6.07) is 8.01. The molecule has 0 unspecified atom stereocenters. The van der Waals surface area contributed by atoms with Gasteiger partial charge in [0.05, 0.1) is 27.6 Å². The molecule has 10 heteroatoms. The zero-order chi connectivity index (χ0) is 17.5. The molecule has 2 rings (SSSR count). The normalized spacial score (nSPS) is 10.6. The lowest BCUT2D eigenvalue weighted by molar-refractivity contribution is -0.380. The maximum absolute atomic E-state index is 11.7. The van der Waals surface area contributed by atoms with Gasteiger partial charge in [-0.25, -0.2) is 5.43 Å². The molecule has 1 N–H and O–H groups in total. The van der Waals surface area contributed by atoms with E-state index in [-0.39, 0.29) is 11.6 Å². The van der Waals surface area contributed by atoms with Crippen LogP contribution in [0, 0.1) is 10.1 Å². The Labute approximate surface area is 149 Å². The Kier molecular flexibility index (Phi) is 6.27. The summed E-state index contributed by atoms with van der Waals surface area (Å²) in [5.41, 5.74) is 2.28. The molecule has 0 spiro atoms. The van der Waals surface area contributed by atoms with Gasteiger partial charge < -0.3 is 9.47 Å². The predicted octanol–water partition coefficient (Wildman–Crippen LogP) is 2.96. The second-order valence-corrected chi connectivity index (χ2v) is 6.26. The molecule has 0 aliphatic heterocycles. The maximum Gasteiger partial charge on any atom is 0.324 e. The summed E-state index contributed by atoms with van der Waals surface area (Å²) in [5.74, 6) is 0.692. The van der Waals surface area contributed by atoms with E-state index in [1.165, 1.54) is 12.3 Å². The average Bonchev–Trinajstić information content (AvgIpc) is 3.02. The first-order chi connectivity index (χ1) is 11.5. The lowest BCUT2D eigenvalue weighted by Crippen LogP contribution is -2.24. The van der Waals surface area contributed by atoms with Crippen LogP contribution in [0.4, 0.5) is 5.00 Å². The predicted molar refractivity (Wildman–Crippen MR) is 92.9 cm³/mol. The Morgan fingerprint density at radius 1 is 1.46 bits per heavy atom. The summed E-state index contributed by atoms with van der Waals surface area (Å²) in [6.45, 7) is -0.229. The fraction of sp³-hybridized carbons (Fsp3) is 0.143. The van der Waals surface area contributed by atoms with Gasteiger partial charge in [0.1, 0.15) is 11.5 Å². The van der Waals surface area contributed by atoms with Gasteiger partial charge in [0.15, 0.2) is 6.61 Å². The monoisotopic (exact) mass is 413 g/mol. The van der Waals surface area contributed by atoms with Crippen molar-refractivity contribution in [2.45, 2.75) is 0 Å². The van der Waals surface area contributed by atoms with Gasteiger partial charge in [-0.2, -0.15) is 5.10 Å². The molecule has 0 atom stereocenters. The molecule has 0 fully saturated rings. The highest BCUT2D eigenvalue weighted by Crippen LogP contribution is 2.29. The Morgan fingerprint density at radius 2 is 2.25 bits per heavy atom. The fourth-order valence-electron chi connectivity index (χ4n) is 1.58. The Bertz CT molecular complexity index is 778. The van der Waals surface area contributed by atoms with E-state index in [4.69, 9.17) is 9.47 Å². The lowest BCUT2D eigenvalue weighted by Gasteiger charge is -2.08. The number of thiophene rings is 1. The van der Waals surface area contributed by atoms with Crippen molar-refractivity contribution in [1.82, 2.24) is 5.43 Å². The number of nitro groups is 1. The zero-order valence-electron chi connectivity index (χ0n) is 12.4. The number of benzene rings is 1. The van der Waals surface area contributed by atoms with E-state index in [2.05, 4.69) is 26.5 Å². The third kappa shape index (κ3) is 5.03. The van der Waals surface area contributed by atoms with Crippen LogP contribution in [-0.2, 0) is 4.79 Å². The highest BCUT2D eigenvalue weighted by atomic mass is 79.9. The minimum absolute atomic E-state index is 0.00969. The molecule has 1 aromatic carbocycles. The molecule has 1 amide bonds. The van der Waals surface area contributed by atoms with Gasteiger partial charge in [-0.15, -0.1) is 0 Å². The van der Waals surface area contributed by atoms with Crippen molar-refractivity contribution in [3.63, 3.8) is 0 Å². The van der Waals surface area contributed by atoms with E-state index in [1.54, 1.807) is 31.4 Å². The Hall–Kier alpha value is -2.46. The maximum atomic E-state index is 11.7. The third-order valence-corrected chi connectivity index (χ3v) is 4.26. The van der Waals surface area contributed by atoms with Crippen LogP contribution in [0.5, 0.6) is 11.5 Å². The van der Waals surface area contributed by atoms with Gasteiger partial charge in [-0.3, -0.25) is 14.9 Å². The van der Waals surface area contributed by atoms with Gasteiger partial charge in [-0.05, 0) is 40.2 Å². The molecule has 0 saturated heterocycles. The van der Waals surface area contributed by atoms with E-state index < -0.39 is 10.8 Å². The first kappa shape index (κ1) is 17.9. The van der Waals surface area contributed by atoms with E-state index in [0.29, 0.717) is 20.8 Å². The summed E-state index contributed by atoms with van der Waals surface area (Å²) in [6.07, 6.45) is 1.33. The highest BCUT2D eigenvalue weighted by molar-refractivity contribution is 9.10. The first-order valence-electron chi connectivity index (χ1n) is 6.52. The van der Waals surface area contributed by atoms with Crippen molar-refractivity contribution < 1.29 is 19.2 Å². The van der Waals surface area contributed by atoms with Crippen molar-refractivity contribution in [2.75, 3.05) is 13.7 Å². The van der Waals surface area contributed by atoms with Crippen molar-refractivity contribution in [3.05, 3.63) is 49.8 Å². The largest absolute Gasteiger partial charge is 0.497 e. The van der Waals surface area contributed by atoms with E-state index >= 15 is 0 Å². The number of nitrogens with zero attached hydrogens (tertiary/aromatic N) is 2. The summed E-state index contributed by atoms with van der Waals surface area (Å²) in [4.78, 5) is 22.3. The number of methoxy groups -OCH3 is 1. The van der Waals surface area contributed by atoms with E-state index in [9.17, 15) is 14.9 Å². The van der Waals surface area contributed by atoms with Crippen molar-refractivity contribution >= 4 is 44.4 Å². The molecule has 8 nitrogen and oxygen atoms in total. The molecule has 0 radical (unpaired) electrons. The van der Waals surface area contributed by atoms with E-state index in [0.717, 1.165) is 11.3 Å². The minimum atomic E-state index is -0.485. The number of carbonyl (C=O) groups excluding carboxylic acids is 1. The molecule has 0 bridgehead atoms. The fourth-order valence-corrected chi connectivity index (χ4v) is 2.74. The third-order valence-electron chi connectivity index (χ3n) is 2.67. The Morgan fingerprint density at radius 3 is 2.88 bits per heavy atom. The molecule has 0 aliphatic rings. The number of ether oxygens (including phenoxy) is 2. The number of nitrogens with one attached hydrogen (secondary N) is 1. The van der Waals surface area contributed by atoms with Crippen molar-refractivity contribution in [1.29, 1.82) is 0 Å². The summed E-state index contributed by atoms with van der Waals surface area (Å²) < 4.78 is 11.1. The number of halogens is 1. The molecular formula is C14H12BrN3O5S. The number of carbonyl (C=O) groups is 1. The van der Waals surface area contributed by atoms with Crippen LogP contribution in [0.15, 0.2) is 39.9 Å².